The Morgan fingerprint density at radius 3 is 2.47 bits per heavy atom. The Bertz CT molecular complexity index is 270. The molecule has 0 aromatic heterocycles. The molecule has 0 aromatic carbocycles. The Morgan fingerprint density at radius 2 is 1.89 bits per heavy atom. The predicted molar refractivity (Wildman–Crippen MR) is 80.4 cm³/mol. The van der Waals surface area contributed by atoms with Crippen LogP contribution in [0.2, 0.25) is 0 Å². The van der Waals surface area contributed by atoms with Crippen LogP contribution in [-0.2, 0) is 4.74 Å². The first kappa shape index (κ1) is 15.3. The van der Waals surface area contributed by atoms with Crippen molar-refractivity contribution in [3.8, 4) is 0 Å². The van der Waals surface area contributed by atoms with Crippen LogP contribution in [-0.4, -0.2) is 50.3 Å². The molecule has 112 valence electrons. The van der Waals surface area contributed by atoms with Crippen molar-refractivity contribution in [3.05, 3.63) is 0 Å². The summed E-state index contributed by atoms with van der Waals surface area (Å²) in [5.41, 5.74) is 0.489. The largest absolute Gasteiger partial charge is 0.373 e. The number of rotatable bonds is 4. The monoisotopic (exact) mass is 268 g/mol. The molecule has 1 aliphatic carbocycles. The molecular weight excluding hydrogens is 236 g/mol. The summed E-state index contributed by atoms with van der Waals surface area (Å²) in [7, 11) is 2.10. The lowest BCUT2D eigenvalue weighted by atomic mass is 9.69. The molecule has 3 heteroatoms. The van der Waals surface area contributed by atoms with Gasteiger partial charge in [0.1, 0.15) is 0 Å². The third-order valence-corrected chi connectivity index (χ3v) is 4.79. The van der Waals surface area contributed by atoms with Gasteiger partial charge in [0.05, 0.1) is 12.2 Å². The molecule has 0 spiro atoms. The van der Waals surface area contributed by atoms with Gasteiger partial charge in [0.15, 0.2) is 0 Å². The maximum Gasteiger partial charge on any atom is 0.0678 e. The highest BCUT2D eigenvalue weighted by Crippen LogP contribution is 2.40. The smallest absolute Gasteiger partial charge is 0.0678 e. The Morgan fingerprint density at radius 1 is 1.21 bits per heavy atom. The van der Waals surface area contributed by atoms with Crippen LogP contribution in [0.3, 0.4) is 0 Å². The number of hydrogen-bond acceptors (Lipinski definition) is 3. The summed E-state index contributed by atoms with van der Waals surface area (Å²) in [5, 5.41) is 3.45. The summed E-state index contributed by atoms with van der Waals surface area (Å²) in [5.74, 6) is 0.887. The molecule has 19 heavy (non-hydrogen) atoms. The molecule has 0 radical (unpaired) electrons. The van der Waals surface area contributed by atoms with Crippen molar-refractivity contribution in [2.45, 2.75) is 58.7 Å². The van der Waals surface area contributed by atoms with E-state index in [1.807, 2.05) is 0 Å². The zero-order valence-electron chi connectivity index (χ0n) is 13.2. The average Bonchev–Trinajstić information content (AvgIpc) is 2.27. The Kier molecular flexibility index (Phi) is 5.27. The highest BCUT2D eigenvalue weighted by atomic mass is 16.5. The minimum atomic E-state index is 0.386. The summed E-state index contributed by atoms with van der Waals surface area (Å²) in [6, 6.07) is 0. The second kappa shape index (κ2) is 6.55. The van der Waals surface area contributed by atoms with E-state index in [-0.39, 0.29) is 0 Å². The van der Waals surface area contributed by atoms with Crippen LogP contribution in [0.5, 0.6) is 0 Å². The molecule has 1 saturated heterocycles. The molecule has 2 rings (SSSR count). The molecule has 2 fully saturated rings. The van der Waals surface area contributed by atoms with Gasteiger partial charge in [-0.25, -0.2) is 0 Å². The maximum absolute atomic E-state index is 5.86. The maximum atomic E-state index is 5.86. The second-order valence-electron chi connectivity index (χ2n) is 7.18. The van der Waals surface area contributed by atoms with Crippen LogP contribution in [0.25, 0.3) is 0 Å². The summed E-state index contributed by atoms with van der Waals surface area (Å²) >= 11 is 0. The van der Waals surface area contributed by atoms with Gasteiger partial charge in [-0.3, -0.25) is 4.90 Å². The second-order valence-corrected chi connectivity index (χ2v) is 7.18. The van der Waals surface area contributed by atoms with E-state index in [1.54, 1.807) is 0 Å². The molecule has 4 atom stereocenters. The van der Waals surface area contributed by atoms with Gasteiger partial charge in [0, 0.05) is 26.2 Å². The van der Waals surface area contributed by atoms with Crippen LogP contribution in [0.4, 0.5) is 0 Å². The zero-order valence-corrected chi connectivity index (χ0v) is 13.2. The molecule has 1 saturated carbocycles. The molecule has 1 N–H and O–H groups in total. The van der Waals surface area contributed by atoms with Crippen molar-refractivity contribution >= 4 is 0 Å². The van der Waals surface area contributed by atoms with Crippen molar-refractivity contribution in [1.82, 2.24) is 10.2 Å². The fourth-order valence-electron chi connectivity index (χ4n) is 4.39. The van der Waals surface area contributed by atoms with Gasteiger partial charge in [-0.2, -0.15) is 0 Å². The fraction of sp³-hybridized carbons (Fsp3) is 1.00. The van der Waals surface area contributed by atoms with E-state index in [2.05, 4.69) is 38.0 Å². The summed E-state index contributed by atoms with van der Waals surface area (Å²) in [6.07, 6.45) is 6.36. The Balaban J connectivity index is 1.99. The van der Waals surface area contributed by atoms with Gasteiger partial charge in [-0.1, -0.05) is 19.8 Å². The third kappa shape index (κ3) is 4.17. The molecule has 3 nitrogen and oxygen atoms in total. The van der Waals surface area contributed by atoms with Crippen molar-refractivity contribution in [2.24, 2.45) is 11.3 Å². The normalized spacial score (nSPS) is 41.4. The molecular formula is C16H32N2O. The van der Waals surface area contributed by atoms with E-state index in [0.717, 1.165) is 25.6 Å². The predicted octanol–water partition coefficient (Wildman–Crippen LogP) is 2.51. The molecule has 0 aromatic rings. The highest BCUT2D eigenvalue weighted by molar-refractivity contribution is 4.91. The number of morpholine rings is 1. The minimum Gasteiger partial charge on any atom is -0.373 e. The highest BCUT2D eigenvalue weighted by Gasteiger charge is 2.37. The van der Waals surface area contributed by atoms with Crippen molar-refractivity contribution in [3.63, 3.8) is 0 Å². The van der Waals surface area contributed by atoms with Crippen molar-refractivity contribution in [2.75, 3.05) is 33.2 Å². The number of hydrogen-bond donors (Lipinski definition) is 1. The number of ether oxygens (including phenoxy) is 1. The molecule has 4 unspecified atom stereocenters. The third-order valence-electron chi connectivity index (χ3n) is 4.79. The van der Waals surface area contributed by atoms with Gasteiger partial charge in [-0.15, -0.1) is 0 Å². The van der Waals surface area contributed by atoms with Crippen LogP contribution in [0.1, 0.15) is 46.5 Å². The summed E-state index contributed by atoms with van der Waals surface area (Å²) in [4.78, 5) is 2.65. The average molecular weight is 268 g/mol. The standard InChI is InChI=1S/C16H32N2O/c1-13-6-5-7-16(8-13,11-17-4)12-18-9-14(2)19-15(3)10-18/h13-15,17H,5-12H2,1-4H3. The van der Waals surface area contributed by atoms with Crippen molar-refractivity contribution < 1.29 is 4.74 Å². The van der Waals surface area contributed by atoms with E-state index in [4.69, 9.17) is 4.74 Å². The van der Waals surface area contributed by atoms with E-state index in [0.29, 0.717) is 17.6 Å². The molecule has 0 amide bonds. The molecule has 1 aliphatic heterocycles. The van der Waals surface area contributed by atoms with Gasteiger partial charge in [0.2, 0.25) is 0 Å². The van der Waals surface area contributed by atoms with Gasteiger partial charge < -0.3 is 10.1 Å². The summed E-state index contributed by atoms with van der Waals surface area (Å²) in [6.45, 7) is 11.4. The fourth-order valence-corrected chi connectivity index (χ4v) is 4.39. The molecule has 0 bridgehead atoms. The lowest BCUT2D eigenvalue weighted by molar-refractivity contribution is -0.0816. The van der Waals surface area contributed by atoms with E-state index >= 15 is 0 Å². The van der Waals surface area contributed by atoms with Crippen molar-refractivity contribution in [1.29, 1.82) is 0 Å². The number of nitrogens with zero attached hydrogens (tertiary/aromatic N) is 1. The van der Waals surface area contributed by atoms with Gasteiger partial charge >= 0.3 is 0 Å². The SMILES string of the molecule is CNCC1(CN2CC(C)OC(C)C2)CCCC(C)C1. The van der Waals surface area contributed by atoms with Gasteiger partial charge in [-0.05, 0) is 45.1 Å². The molecule has 1 heterocycles. The number of nitrogens with one attached hydrogen (secondary N) is 1. The first-order chi connectivity index (χ1) is 9.03. The zero-order chi connectivity index (χ0) is 13.9. The lowest BCUT2D eigenvalue weighted by Gasteiger charge is -2.46. The lowest BCUT2D eigenvalue weighted by Crippen LogP contribution is -2.52. The first-order valence-electron chi connectivity index (χ1n) is 8.05. The van der Waals surface area contributed by atoms with E-state index in [9.17, 15) is 0 Å². The van der Waals surface area contributed by atoms with Gasteiger partial charge in [0.25, 0.3) is 0 Å². The van der Waals surface area contributed by atoms with Crippen LogP contribution < -0.4 is 5.32 Å². The minimum absolute atomic E-state index is 0.386. The Hall–Kier alpha value is -0.120. The quantitative estimate of drug-likeness (QED) is 0.848. The first-order valence-corrected chi connectivity index (χ1v) is 8.05. The Labute approximate surface area is 119 Å². The summed E-state index contributed by atoms with van der Waals surface area (Å²) < 4.78 is 5.86. The van der Waals surface area contributed by atoms with Crippen LogP contribution in [0, 0.1) is 11.3 Å². The van der Waals surface area contributed by atoms with Crippen LogP contribution >= 0.6 is 0 Å². The van der Waals surface area contributed by atoms with E-state index < -0.39 is 0 Å². The van der Waals surface area contributed by atoms with Crippen LogP contribution in [0.15, 0.2) is 0 Å². The molecule has 2 aliphatic rings. The van der Waals surface area contributed by atoms with E-state index in [1.165, 1.54) is 32.2 Å². The topological polar surface area (TPSA) is 24.5 Å².